The van der Waals surface area contributed by atoms with Crippen LogP contribution in [0.25, 0.3) is 0 Å². The van der Waals surface area contributed by atoms with Crippen LogP contribution in [0.1, 0.15) is 16.5 Å². The molecule has 1 aromatic heterocycles. The first kappa shape index (κ1) is 12.7. The van der Waals surface area contributed by atoms with Gasteiger partial charge in [0.25, 0.3) is 5.91 Å². The van der Waals surface area contributed by atoms with Gasteiger partial charge in [-0.2, -0.15) is 0 Å². The Morgan fingerprint density at radius 1 is 1.35 bits per heavy atom. The van der Waals surface area contributed by atoms with Crippen LogP contribution >= 0.6 is 0 Å². The molecule has 1 amide bonds. The van der Waals surface area contributed by atoms with Crippen LogP contribution in [0.5, 0.6) is 0 Å². The minimum absolute atomic E-state index is 0.127. The zero-order chi connectivity index (χ0) is 14.1. The second-order valence-electron chi connectivity index (χ2n) is 4.48. The molecule has 1 fully saturated rings. The molecular formula is C12H11F2N5O. The Bertz CT molecular complexity index is 653. The fraction of sp³-hybridized carbons (Fsp3) is 0.250. The zero-order valence-electron chi connectivity index (χ0n) is 10.3. The van der Waals surface area contributed by atoms with Gasteiger partial charge < -0.3 is 10.6 Å². The van der Waals surface area contributed by atoms with E-state index in [0.29, 0.717) is 0 Å². The quantitative estimate of drug-likeness (QED) is 0.877. The van der Waals surface area contributed by atoms with Crippen molar-refractivity contribution in [2.75, 3.05) is 18.4 Å². The van der Waals surface area contributed by atoms with Gasteiger partial charge in [-0.1, -0.05) is 5.21 Å². The summed E-state index contributed by atoms with van der Waals surface area (Å²) in [5.41, 5.74) is 0.287. The second-order valence-corrected chi connectivity index (χ2v) is 4.48. The Kier molecular flexibility index (Phi) is 3.15. The summed E-state index contributed by atoms with van der Waals surface area (Å²) < 4.78 is 27.4. The number of rotatable bonds is 3. The molecule has 1 aliphatic rings. The first-order chi connectivity index (χ1) is 9.63. The van der Waals surface area contributed by atoms with Gasteiger partial charge in [-0.3, -0.25) is 4.79 Å². The fourth-order valence-electron chi connectivity index (χ4n) is 1.79. The van der Waals surface area contributed by atoms with E-state index in [4.69, 9.17) is 0 Å². The summed E-state index contributed by atoms with van der Waals surface area (Å²) in [5.74, 6) is -2.51. The highest BCUT2D eigenvalue weighted by Gasteiger charge is 2.21. The predicted octanol–water partition coefficient (Wildman–Crippen LogP) is 0.953. The topological polar surface area (TPSA) is 71.8 Å². The molecular weight excluding hydrogens is 268 g/mol. The molecule has 0 spiro atoms. The van der Waals surface area contributed by atoms with Gasteiger partial charge in [-0.15, -0.1) is 5.10 Å². The number of nitrogens with zero attached hydrogens (tertiary/aromatic N) is 3. The number of hydrogen-bond donors (Lipinski definition) is 2. The fourth-order valence-corrected chi connectivity index (χ4v) is 1.79. The van der Waals surface area contributed by atoms with Crippen LogP contribution in [-0.2, 0) is 0 Å². The van der Waals surface area contributed by atoms with Gasteiger partial charge in [-0.05, 0) is 12.1 Å². The number of benzene rings is 1. The van der Waals surface area contributed by atoms with Crippen LogP contribution in [0.3, 0.4) is 0 Å². The normalized spacial score (nSPS) is 14.9. The first-order valence-electron chi connectivity index (χ1n) is 6.02. The Balaban J connectivity index is 1.71. The van der Waals surface area contributed by atoms with Crippen LogP contribution in [0, 0.1) is 11.6 Å². The molecule has 1 aliphatic heterocycles. The molecule has 20 heavy (non-hydrogen) atoms. The zero-order valence-corrected chi connectivity index (χ0v) is 10.3. The summed E-state index contributed by atoms with van der Waals surface area (Å²) in [6.45, 7) is 1.57. The lowest BCUT2D eigenvalue weighted by Gasteiger charge is -2.26. The van der Waals surface area contributed by atoms with E-state index in [1.54, 1.807) is 4.68 Å². The molecule has 2 heterocycles. The third-order valence-corrected chi connectivity index (χ3v) is 3.05. The molecule has 3 rings (SSSR count). The molecule has 0 bridgehead atoms. The Labute approximate surface area is 112 Å². The Hall–Kier alpha value is -2.35. The highest BCUT2D eigenvalue weighted by molar-refractivity contribution is 6.02. The smallest absolute Gasteiger partial charge is 0.277 e. The molecule has 2 aromatic rings. The molecule has 0 saturated carbocycles. The summed E-state index contributed by atoms with van der Waals surface area (Å²) in [6, 6.07) is 3.33. The molecule has 0 atom stereocenters. The van der Waals surface area contributed by atoms with E-state index in [9.17, 15) is 13.6 Å². The Morgan fingerprint density at radius 2 is 2.15 bits per heavy atom. The highest BCUT2D eigenvalue weighted by Crippen LogP contribution is 2.14. The van der Waals surface area contributed by atoms with E-state index in [1.165, 1.54) is 12.3 Å². The molecule has 1 aromatic carbocycles. The van der Waals surface area contributed by atoms with Gasteiger partial charge in [0.05, 0.1) is 12.2 Å². The third kappa shape index (κ3) is 2.37. The summed E-state index contributed by atoms with van der Waals surface area (Å²) in [7, 11) is 0. The largest absolute Gasteiger partial charge is 0.320 e. The minimum Gasteiger partial charge on any atom is -0.320 e. The summed E-state index contributed by atoms with van der Waals surface area (Å²) in [4.78, 5) is 11.9. The predicted molar refractivity (Wildman–Crippen MR) is 66.2 cm³/mol. The highest BCUT2D eigenvalue weighted by atomic mass is 19.2. The average Bonchev–Trinajstić information content (AvgIpc) is 2.81. The molecule has 0 aliphatic carbocycles. The van der Waals surface area contributed by atoms with Crippen molar-refractivity contribution < 1.29 is 13.6 Å². The van der Waals surface area contributed by atoms with Crippen LogP contribution in [0.4, 0.5) is 14.5 Å². The summed E-state index contributed by atoms with van der Waals surface area (Å²) >= 11 is 0. The van der Waals surface area contributed by atoms with E-state index < -0.39 is 17.5 Å². The number of nitrogens with one attached hydrogen (secondary N) is 2. The summed E-state index contributed by atoms with van der Waals surface area (Å²) in [5, 5.41) is 13.1. The number of halogens is 2. The molecule has 0 radical (unpaired) electrons. The van der Waals surface area contributed by atoms with Gasteiger partial charge in [0.1, 0.15) is 0 Å². The maximum atomic E-state index is 13.0. The van der Waals surface area contributed by atoms with Gasteiger partial charge in [-0.25, -0.2) is 13.5 Å². The minimum atomic E-state index is -1.02. The lowest BCUT2D eigenvalue weighted by atomic mass is 10.2. The van der Waals surface area contributed by atoms with Crippen molar-refractivity contribution in [2.24, 2.45) is 0 Å². The van der Waals surface area contributed by atoms with Crippen molar-refractivity contribution in [3.8, 4) is 0 Å². The van der Waals surface area contributed by atoms with Crippen LogP contribution in [0.2, 0.25) is 0 Å². The monoisotopic (exact) mass is 279 g/mol. The second kappa shape index (κ2) is 4.97. The molecule has 0 unspecified atom stereocenters. The standard InChI is InChI=1S/C12H11F2N5O/c13-9-2-1-7(3-10(9)14)16-12(20)11-6-19(18-17-11)8-4-15-5-8/h1-3,6,8,15H,4-5H2,(H,16,20). The molecule has 8 heteroatoms. The van der Waals surface area contributed by atoms with Gasteiger partial charge in [0, 0.05) is 24.8 Å². The Morgan fingerprint density at radius 3 is 2.80 bits per heavy atom. The van der Waals surface area contributed by atoms with Gasteiger partial charge >= 0.3 is 0 Å². The molecule has 104 valence electrons. The van der Waals surface area contributed by atoms with Crippen molar-refractivity contribution in [2.45, 2.75) is 6.04 Å². The van der Waals surface area contributed by atoms with Crippen molar-refractivity contribution >= 4 is 11.6 Å². The number of hydrogen-bond acceptors (Lipinski definition) is 4. The number of aromatic nitrogens is 3. The number of amides is 1. The lowest BCUT2D eigenvalue weighted by molar-refractivity contribution is 0.102. The van der Waals surface area contributed by atoms with Crippen LogP contribution in [-0.4, -0.2) is 34.0 Å². The van der Waals surface area contributed by atoms with Crippen LogP contribution in [0.15, 0.2) is 24.4 Å². The molecule has 1 saturated heterocycles. The van der Waals surface area contributed by atoms with E-state index >= 15 is 0 Å². The maximum absolute atomic E-state index is 13.0. The van der Waals surface area contributed by atoms with E-state index in [1.807, 2.05) is 0 Å². The first-order valence-corrected chi connectivity index (χ1v) is 6.02. The number of carbonyl (C=O) groups is 1. The summed E-state index contributed by atoms with van der Waals surface area (Å²) in [6.07, 6.45) is 1.53. The van der Waals surface area contributed by atoms with E-state index in [0.717, 1.165) is 25.2 Å². The van der Waals surface area contributed by atoms with Crippen LogP contribution < -0.4 is 10.6 Å². The SMILES string of the molecule is O=C(Nc1ccc(F)c(F)c1)c1cn(C2CNC2)nn1. The van der Waals surface area contributed by atoms with Gasteiger partial charge in [0.15, 0.2) is 17.3 Å². The van der Waals surface area contributed by atoms with Crippen molar-refractivity contribution in [1.29, 1.82) is 0 Å². The molecule has 2 N–H and O–H groups in total. The van der Waals surface area contributed by atoms with Crippen molar-refractivity contribution in [1.82, 2.24) is 20.3 Å². The average molecular weight is 279 g/mol. The third-order valence-electron chi connectivity index (χ3n) is 3.05. The van der Waals surface area contributed by atoms with Crippen molar-refractivity contribution in [3.05, 3.63) is 41.7 Å². The van der Waals surface area contributed by atoms with E-state index in [2.05, 4.69) is 20.9 Å². The van der Waals surface area contributed by atoms with Gasteiger partial charge in [0.2, 0.25) is 0 Å². The molecule has 6 nitrogen and oxygen atoms in total. The number of anilines is 1. The maximum Gasteiger partial charge on any atom is 0.277 e. The van der Waals surface area contributed by atoms with Crippen molar-refractivity contribution in [3.63, 3.8) is 0 Å². The number of carbonyl (C=O) groups excluding carboxylic acids is 1. The van der Waals surface area contributed by atoms with E-state index in [-0.39, 0.29) is 17.4 Å². The lowest BCUT2D eigenvalue weighted by Crippen LogP contribution is -2.43.